The van der Waals surface area contributed by atoms with Crippen molar-refractivity contribution in [1.29, 1.82) is 0 Å². The summed E-state index contributed by atoms with van der Waals surface area (Å²) < 4.78 is 93.3. The van der Waals surface area contributed by atoms with E-state index < -0.39 is 76.7 Å². The second-order valence-electron chi connectivity index (χ2n) is 21.8. The third-order valence-electron chi connectivity index (χ3n) is 12.6. The smallest absolute Gasteiger partial charge is 0.148 e. The molecule has 2 heterocycles. The first kappa shape index (κ1) is 37.5. The molecule has 0 aliphatic heterocycles. The Kier molecular flexibility index (Phi) is 10.1. The molecule has 0 fully saturated rings. The molecule has 0 unspecified atom stereocenters. The summed E-state index contributed by atoms with van der Waals surface area (Å²) in [5.74, 6) is 0.114. The molecule has 7 aromatic carbocycles. The molecule has 4 nitrogen and oxygen atoms in total. The maximum Gasteiger partial charge on any atom is 0.148 e. The number of phenolic OH excluding ortho intramolecular Hbond substituents is 1. The van der Waals surface area contributed by atoms with Gasteiger partial charge >= 0.3 is 0 Å². The normalized spacial score (nSPS) is 14.3. The number of phenols is 1. The van der Waals surface area contributed by atoms with Crippen LogP contribution in [0.5, 0.6) is 5.75 Å². The number of imidazole rings is 1. The second-order valence-corrected chi connectivity index (χ2v) is 21.8. The van der Waals surface area contributed by atoms with Crippen molar-refractivity contribution in [3.05, 3.63) is 192 Å². The van der Waals surface area contributed by atoms with Crippen molar-refractivity contribution in [2.45, 2.75) is 105 Å². The summed E-state index contributed by atoms with van der Waals surface area (Å²) in [4.78, 5) is 10.5. The Morgan fingerprint density at radius 1 is 0.507 bits per heavy atom. The number of hydrogen-bond donors (Lipinski definition) is 1. The summed E-state index contributed by atoms with van der Waals surface area (Å²) in [7, 11) is 0. The van der Waals surface area contributed by atoms with Gasteiger partial charge in [-0.2, -0.15) is 0 Å². The van der Waals surface area contributed by atoms with E-state index >= 15 is 0 Å². The van der Waals surface area contributed by atoms with E-state index in [2.05, 4.69) is 71.9 Å². The van der Waals surface area contributed by atoms with E-state index in [1.165, 1.54) is 0 Å². The van der Waals surface area contributed by atoms with Gasteiger partial charge in [0.2, 0.25) is 0 Å². The molecule has 9 rings (SSSR count). The summed E-state index contributed by atoms with van der Waals surface area (Å²) in [5.41, 5.74) is 6.89. The van der Waals surface area contributed by atoms with Crippen LogP contribution < -0.4 is 0 Å². The molecule has 1 N–H and O–H groups in total. The average molecular weight is 1100 g/mol. The van der Waals surface area contributed by atoms with E-state index in [4.69, 9.17) is 18.2 Å². The molecule has 2 aromatic heterocycles. The minimum Gasteiger partial charge on any atom is -0.507 e. The number of pyridine rings is 1. The van der Waals surface area contributed by atoms with Crippen molar-refractivity contribution < 1.29 is 39.9 Å². The Balaban J connectivity index is 0.00000822. The van der Waals surface area contributed by atoms with Crippen LogP contribution in [0, 0.1) is 6.07 Å². The number of para-hydroxylation sites is 1. The van der Waals surface area contributed by atoms with Gasteiger partial charge in [0, 0.05) is 49.6 Å². The van der Waals surface area contributed by atoms with E-state index in [1.54, 1.807) is 22.9 Å². The maximum absolute atomic E-state index is 12.9. The Morgan fingerprint density at radius 2 is 1.04 bits per heavy atom. The van der Waals surface area contributed by atoms with Crippen molar-refractivity contribution >= 4 is 11.0 Å². The number of rotatable bonds is 7. The number of fused-ring (bicyclic) bond motifs is 1. The van der Waals surface area contributed by atoms with Gasteiger partial charge in [0.15, 0.2) is 0 Å². The summed E-state index contributed by atoms with van der Waals surface area (Å²) >= 11 is 0. The van der Waals surface area contributed by atoms with Gasteiger partial charge in [0.1, 0.15) is 11.6 Å². The molecule has 9 aromatic rings. The van der Waals surface area contributed by atoms with Crippen molar-refractivity contribution in [2.75, 3.05) is 0 Å². The zero-order chi connectivity index (χ0) is 57.0. The SMILES string of the molecule is [2H]c1c([2H])c([2H])c(-c2cc(C(C)(C)C)cc(-c3c([2H])c([2H])c([2H])c([2H])c3[2H])c2-n2c(-c3cc(C(C)(C)C)cc(C(C)(C)C)c3O)nc3c(-c4[c-]c(-c5cc(-c6ccccc6)ccn5)cc(C(C)(C)C)c4)cccc32)c([2H])c1[2H].[Pt]. The predicted molar refractivity (Wildman–Crippen MR) is 287 cm³/mol. The minimum absolute atomic E-state index is 0. The average Bonchev–Trinajstić information content (AvgIpc) is 3.94. The van der Waals surface area contributed by atoms with Gasteiger partial charge in [-0.1, -0.05) is 209 Å². The van der Waals surface area contributed by atoms with Crippen LogP contribution in [-0.2, 0) is 42.7 Å². The molecule has 0 amide bonds. The van der Waals surface area contributed by atoms with Crippen LogP contribution in [0.2, 0.25) is 0 Å². The van der Waals surface area contributed by atoms with Crippen molar-refractivity contribution in [1.82, 2.24) is 14.5 Å². The standard InChI is InChI=1S/C64H64N3O.Pt/c1-61(2,3)47-34-45(33-46(35-47)55-36-44(31-32-65-55)41-23-16-13-17-24-41)50-29-22-30-56-57(50)66-60(53-39-49(63(7,8)9)40-54(59(53)68)64(10,11)12)67(56)58-51(42-25-18-14-19-26-42)37-48(62(4,5)6)38-52(58)43-27-20-15-21-28-43;/h13-32,34-40,68H,1-12H3;/q-1;/i14D,15D,18D,19D,20D,21D,25D,26D,27D,28D;. The largest absolute Gasteiger partial charge is 0.507 e. The first-order valence-electron chi connectivity index (χ1n) is 28.1. The molecular formula is C64H64N3OPt-. The van der Waals surface area contributed by atoms with Gasteiger partial charge in [-0.3, -0.25) is 9.55 Å². The van der Waals surface area contributed by atoms with Crippen LogP contribution in [-0.4, -0.2) is 19.6 Å². The molecule has 0 radical (unpaired) electrons. The number of benzene rings is 7. The molecule has 69 heavy (non-hydrogen) atoms. The molecule has 0 bridgehead atoms. The molecule has 352 valence electrons. The number of aromatic nitrogens is 3. The van der Waals surface area contributed by atoms with Crippen LogP contribution in [0.25, 0.3) is 83.9 Å². The van der Waals surface area contributed by atoms with Crippen LogP contribution in [0.4, 0.5) is 0 Å². The van der Waals surface area contributed by atoms with Crippen LogP contribution >= 0.6 is 0 Å². The predicted octanol–water partition coefficient (Wildman–Crippen LogP) is 17.1. The summed E-state index contributed by atoms with van der Waals surface area (Å²) in [6.45, 7) is 24.5. The van der Waals surface area contributed by atoms with Crippen molar-refractivity contribution in [2.24, 2.45) is 0 Å². The Morgan fingerprint density at radius 3 is 1.61 bits per heavy atom. The quantitative estimate of drug-likeness (QED) is 0.162. The summed E-state index contributed by atoms with van der Waals surface area (Å²) in [5, 5.41) is 12.9. The Bertz CT molecular complexity index is 3770. The fourth-order valence-corrected chi connectivity index (χ4v) is 8.67. The third-order valence-corrected chi connectivity index (χ3v) is 12.6. The molecule has 0 atom stereocenters. The number of aromatic hydroxyl groups is 1. The molecule has 0 spiro atoms. The van der Waals surface area contributed by atoms with Gasteiger partial charge < -0.3 is 5.11 Å². The number of nitrogens with zero attached hydrogens (tertiary/aromatic N) is 3. The topological polar surface area (TPSA) is 50.9 Å². The first-order chi connectivity index (χ1) is 36.3. The van der Waals surface area contributed by atoms with E-state index in [-0.39, 0.29) is 66.0 Å². The van der Waals surface area contributed by atoms with Crippen molar-refractivity contribution in [3.63, 3.8) is 0 Å². The summed E-state index contributed by atoms with van der Waals surface area (Å²) in [6, 6.07) is 29.5. The van der Waals surface area contributed by atoms with Crippen LogP contribution in [0.1, 0.15) is 119 Å². The van der Waals surface area contributed by atoms with E-state index in [0.29, 0.717) is 44.5 Å². The van der Waals surface area contributed by atoms with E-state index in [0.717, 1.165) is 27.8 Å². The molecule has 0 saturated heterocycles. The van der Waals surface area contributed by atoms with E-state index in [9.17, 15) is 10.6 Å². The zero-order valence-electron chi connectivity index (χ0n) is 51.4. The molecule has 0 aliphatic carbocycles. The number of hydrogen-bond acceptors (Lipinski definition) is 3. The molecule has 0 aliphatic rings. The molecule has 0 saturated carbocycles. The minimum atomic E-state index is -0.711. The van der Waals surface area contributed by atoms with Gasteiger partial charge in [0.05, 0.1) is 36.0 Å². The first-order valence-corrected chi connectivity index (χ1v) is 23.1. The summed E-state index contributed by atoms with van der Waals surface area (Å²) in [6.07, 6.45) is 1.79. The van der Waals surface area contributed by atoms with Crippen LogP contribution in [0.15, 0.2) is 164 Å². The fourth-order valence-electron chi connectivity index (χ4n) is 8.67. The second kappa shape index (κ2) is 18.5. The Hall–Kier alpha value is -6.35. The maximum atomic E-state index is 12.9. The monoisotopic (exact) mass is 1100 g/mol. The van der Waals surface area contributed by atoms with Gasteiger partial charge in [-0.05, 0) is 85.4 Å². The van der Waals surface area contributed by atoms with Gasteiger partial charge in [-0.25, -0.2) is 4.98 Å². The molecular weight excluding hydrogens is 1020 g/mol. The van der Waals surface area contributed by atoms with Crippen molar-refractivity contribution in [3.8, 4) is 78.6 Å². The Labute approximate surface area is 438 Å². The third kappa shape index (κ3) is 9.79. The molecule has 5 heteroatoms. The fraction of sp³-hybridized carbons (Fsp3) is 0.250. The van der Waals surface area contributed by atoms with E-state index in [1.807, 2.05) is 102 Å². The van der Waals surface area contributed by atoms with Gasteiger partial charge in [-0.15, -0.1) is 29.3 Å². The zero-order valence-corrected chi connectivity index (χ0v) is 43.7. The van der Waals surface area contributed by atoms with Crippen LogP contribution in [0.3, 0.4) is 0 Å². The van der Waals surface area contributed by atoms with Gasteiger partial charge in [0.25, 0.3) is 0 Å².